The Morgan fingerprint density at radius 2 is 2.20 bits per heavy atom. The van der Waals surface area contributed by atoms with Crippen molar-refractivity contribution in [2.75, 3.05) is 0 Å². The summed E-state index contributed by atoms with van der Waals surface area (Å²) in [6.07, 6.45) is 0. The van der Waals surface area contributed by atoms with Crippen LogP contribution in [0.4, 0.5) is 4.39 Å². The lowest BCUT2D eigenvalue weighted by Crippen LogP contribution is -1.82. The number of rotatable bonds is 3. The molecule has 0 spiro atoms. The van der Waals surface area contributed by atoms with Gasteiger partial charge in [-0.15, -0.1) is 23.1 Å². The lowest BCUT2D eigenvalue weighted by Gasteiger charge is -1.99. The quantitative estimate of drug-likeness (QED) is 0.754. The summed E-state index contributed by atoms with van der Waals surface area (Å²) in [6, 6.07) is 6.82. The summed E-state index contributed by atoms with van der Waals surface area (Å²) in [5.74, 6) is 0.579. The molecule has 1 aromatic heterocycles. The molecular formula is C11H10FNS2. The van der Waals surface area contributed by atoms with Crippen LogP contribution in [0.2, 0.25) is 0 Å². The molecule has 15 heavy (non-hydrogen) atoms. The van der Waals surface area contributed by atoms with Gasteiger partial charge in [0, 0.05) is 16.0 Å². The smallest absolute Gasteiger partial charge is 0.136 e. The summed E-state index contributed by atoms with van der Waals surface area (Å²) in [6.45, 7) is 1.97. The van der Waals surface area contributed by atoms with Gasteiger partial charge in [0.25, 0.3) is 0 Å². The molecule has 1 heterocycles. The zero-order chi connectivity index (χ0) is 10.7. The number of nitrogens with zero attached hydrogens (tertiary/aromatic N) is 1. The Balaban J connectivity index is 2.02. The Bertz CT molecular complexity index is 453. The van der Waals surface area contributed by atoms with Crippen LogP contribution in [0.15, 0.2) is 34.5 Å². The lowest BCUT2D eigenvalue weighted by atomic mass is 10.3. The third-order valence-corrected chi connectivity index (χ3v) is 4.06. The van der Waals surface area contributed by atoms with Crippen LogP contribution in [0.5, 0.6) is 0 Å². The van der Waals surface area contributed by atoms with E-state index in [4.69, 9.17) is 0 Å². The molecule has 2 rings (SSSR count). The molecule has 1 aromatic carbocycles. The average Bonchev–Trinajstić information content (AvgIpc) is 2.63. The number of aromatic nitrogens is 1. The van der Waals surface area contributed by atoms with Crippen LogP contribution in [0.25, 0.3) is 0 Å². The molecule has 0 unspecified atom stereocenters. The van der Waals surface area contributed by atoms with Gasteiger partial charge in [-0.1, -0.05) is 12.1 Å². The Morgan fingerprint density at radius 1 is 1.40 bits per heavy atom. The van der Waals surface area contributed by atoms with E-state index in [-0.39, 0.29) is 5.82 Å². The van der Waals surface area contributed by atoms with Crippen LogP contribution in [-0.4, -0.2) is 4.98 Å². The van der Waals surface area contributed by atoms with Crippen molar-refractivity contribution in [1.29, 1.82) is 0 Å². The third-order valence-electron chi connectivity index (χ3n) is 1.85. The summed E-state index contributed by atoms with van der Waals surface area (Å²) < 4.78 is 13.3. The molecule has 0 amide bonds. The number of hydrogen-bond donors (Lipinski definition) is 0. The van der Waals surface area contributed by atoms with Crippen LogP contribution in [0, 0.1) is 12.7 Å². The molecule has 2 aromatic rings. The Hall–Kier alpha value is -0.870. The molecule has 0 aliphatic heterocycles. The number of hydrogen-bond acceptors (Lipinski definition) is 3. The SMILES string of the molecule is Cc1csc(CSc2ccccc2F)n1. The molecule has 0 radical (unpaired) electrons. The minimum atomic E-state index is -0.157. The summed E-state index contributed by atoms with van der Waals surface area (Å²) in [4.78, 5) is 5.02. The molecule has 0 bridgehead atoms. The highest BCUT2D eigenvalue weighted by molar-refractivity contribution is 7.98. The summed E-state index contributed by atoms with van der Waals surface area (Å²) in [7, 11) is 0. The van der Waals surface area contributed by atoms with E-state index in [9.17, 15) is 4.39 Å². The number of benzene rings is 1. The van der Waals surface area contributed by atoms with Gasteiger partial charge in [0.1, 0.15) is 10.8 Å². The molecule has 0 aliphatic carbocycles. The fourth-order valence-corrected chi connectivity index (χ4v) is 2.90. The predicted molar refractivity (Wildman–Crippen MR) is 62.8 cm³/mol. The molecule has 78 valence electrons. The van der Waals surface area contributed by atoms with E-state index in [1.54, 1.807) is 23.5 Å². The number of aryl methyl sites for hydroxylation is 1. The minimum absolute atomic E-state index is 0.157. The van der Waals surface area contributed by atoms with Gasteiger partial charge in [-0.2, -0.15) is 0 Å². The summed E-state index contributed by atoms with van der Waals surface area (Å²) in [5.41, 5.74) is 1.03. The van der Waals surface area contributed by atoms with Gasteiger partial charge < -0.3 is 0 Å². The first-order valence-electron chi connectivity index (χ1n) is 4.54. The van der Waals surface area contributed by atoms with Crippen molar-refractivity contribution in [3.8, 4) is 0 Å². The Kier molecular flexibility index (Phi) is 3.38. The van der Waals surface area contributed by atoms with Crippen molar-refractivity contribution in [1.82, 2.24) is 4.98 Å². The first-order valence-corrected chi connectivity index (χ1v) is 6.40. The number of thioether (sulfide) groups is 1. The Labute approximate surface area is 96.4 Å². The van der Waals surface area contributed by atoms with Crippen LogP contribution in [0.3, 0.4) is 0 Å². The third kappa shape index (κ3) is 2.79. The van der Waals surface area contributed by atoms with Gasteiger partial charge in [-0.3, -0.25) is 0 Å². The summed E-state index contributed by atoms with van der Waals surface area (Å²) in [5, 5.41) is 3.05. The molecule has 0 fully saturated rings. The normalized spacial score (nSPS) is 10.5. The summed E-state index contributed by atoms with van der Waals surface area (Å²) >= 11 is 3.11. The van der Waals surface area contributed by atoms with E-state index in [0.717, 1.165) is 16.5 Å². The molecular weight excluding hydrogens is 229 g/mol. The number of halogens is 1. The second kappa shape index (κ2) is 4.77. The molecule has 0 aliphatic rings. The monoisotopic (exact) mass is 239 g/mol. The van der Waals surface area contributed by atoms with Gasteiger partial charge in [-0.05, 0) is 19.1 Å². The zero-order valence-electron chi connectivity index (χ0n) is 8.24. The largest absolute Gasteiger partial charge is 0.246 e. The van der Waals surface area contributed by atoms with Gasteiger partial charge >= 0.3 is 0 Å². The molecule has 0 N–H and O–H groups in total. The van der Waals surface area contributed by atoms with E-state index in [2.05, 4.69) is 4.98 Å². The van der Waals surface area contributed by atoms with E-state index in [1.165, 1.54) is 17.8 Å². The highest BCUT2D eigenvalue weighted by Crippen LogP contribution is 2.26. The maximum Gasteiger partial charge on any atom is 0.136 e. The maximum absolute atomic E-state index is 13.3. The standard InChI is InChI=1S/C11H10FNS2/c1-8-6-15-11(13-8)7-14-10-5-3-2-4-9(10)12/h2-6H,7H2,1H3. The molecule has 4 heteroatoms. The zero-order valence-corrected chi connectivity index (χ0v) is 9.87. The molecule has 0 saturated carbocycles. The van der Waals surface area contributed by atoms with E-state index in [1.807, 2.05) is 18.4 Å². The Morgan fingerprint density at radius 3 is 2.87 bits per heavy atom. The van der Waals surface area contributed by atoms with E-state index >= 15 is 0 Å². The average molecular weight is 239 g/mol. The highest BCUT2D eigenvalue weighted by atomic mass is 32.2. The molecule has 0 saturated heterocycles. The van der Waals surface area contributed by atoms with Crippen LogP contribution < -0.4 is 0 Å². The van der Waals surface area contributed by atoms with Gasteiger partial charge in [0.05, 0.1) is 5.75 Å². The lowest BCUT2D eigenvalue weighted by molar-refractivity contribution is 0.602. The fourth-order valence-electron chi connectivity index (χ4n) is 1.17. The molecule has 0 atom stereocenters. The van der Waals surface area contributed by atoms with Crippen LogP contribution in [-0.2, 0) is 5.75 Å². The van der Waals surface area contributed by atoms with Crippen LogP contribution >= 0.6 is 23.1 Å². The van der Waals surface area contributed by atoms with E-state index in [0.29, 0.717) is 4.90 Å². The van der Waals surface area contributed by atoms with Crippen molar-refractivity contribution in [2.24, 2.45) is 0 Å². The molecule has 1 nitrogen and oxygen atoms in total. The predicted octanol–water partition coefficient (Wildman–Crippen LogP) is 3.88. The second-order valence-corrected chi connectivity index (χ2v) is 5.06. The van der Waals surface area contributed by atoms with E-state index < -0.39 is 0 Å². The van der Waals surface area contributed by atoms with Crippen LogP contribution in [0.1, 0.15) is 10.7 Å². The van der Waals surface area contributed by atoms with Crippen molar-refractivity contribution in [3.05, 3.63) is 46.2 Å². The topological polar surface area (TPSA) is 12.9 Å². The van der Waals surface area contributed by atoms with Crippen molar-refractivity contribution < 1.29 is 4.39 Å². The second-order valence-electron chi connectivity index (χ2n) is 3.10. The van der Waals surface area contributed by atoms with Crippen molar-refractivity contribution in [2.45, 2.75) is 17.6 Å². The van der Waals surface area contributed by atoms with Crippen molar-refractivity contribution >= 4 is 23.1 Å². The first-order chi connectivity index (χ1) is 7.25. The highest BCUT2D eigenvalue weighted by Gasteiger charge is 2.03. The minimum Gasteiger partial charge on any atom is -0.246 e. The first kappa shape index (κ1) is 10.6. The van der Waals surface area contributed by atoms with Gasteiger partial charge in [-0.25, -0.2) is 9.37 Å². The van der Waals surface area contributed by atoms with Gasteiger partial charge in [0.2, 0.25) is 0 Å². The fraction of sp³-hybridized carbons (Fsp3) is 0.182. The van der Waals surface area contributed by atoms with Gasteiger partial charge in [0.15, 0.2) is 0 Å². The number of thiazole rings is 1. The maximum atomic E-state index is 13.3. The van der Waals surface area contributed by atoms with Crippen molar-refractivity contribution in [3.63, 3.8) is 0 Å².